The Morgan fingerprint density at radius 2 is 2.09 bits per heavy atom. The number of aromatic carboxylic acids is 1. The lowest BCUT2D eigenvalue weighted by molar-refractivity contribution is -0.00588. The number of fused-ring (bicyclic) bond motifs is 1. The Balaban J connectivity index is 1.60. The first kappa shape index (κ1) is 21.9. The van der Waals surface area contributed by atoms with Gasteiger partial charge in [0.1, 0.15) is 6.23 Å². The topological polar surface area (TPSA) is 91.3 Å². The average Bonchev–Trinajstić information content (AvgIpc) is 3.32. The van der Waals surface area contributed by atoms with Crippen molar-refractivity contribution in [1.29, 1.82) is 0 Å². The van der Waals surface area contributed by atoms with Gasteiger partial charge in [-0.2, -0.15) is 5.10 Å². The van der Waals surface area contributed by atoms with Gasteiger partial charge in [-0.3, -0.25) is 10.1 Å². The van der Waals surface area contributed by atoms with Crippen molar-refractivity contribution in [3.05, 3.63) is 89.9 Å². The van der Waals surface area contributed by atoms with Crippen LogP contribution in [-0.4, -0.2) is 39.1 Å². The Bertz CT molecular complexity index is 1350. The Labute approximate surface area is 197 Å². The number of hydrogen-bond donors (Lipinski definition) is 2. The number of hydrogen-bond acceptors (Lipinski definition) is 5. The number of ether oxygens (including phenoxy) is 1. The fourth-order valence-electron chi connectivity index (χ4n) is 4.48. The van der Waals surface area contributed by atoms with Gasteiger partial charge in [-0.1, -0.05) is 18.2 Å². The highest BCUT2D eigenvalue weighted by atomic mass is 16.5. The maximum Gasteiger partial charge on any atom is 0.337 e. The highest BCUT2D eigenvalue weighted by Gasteiger charge is 2.33. The molecule has 2 unspecified atom stereocenters. The number of carbonyl (C=O) groups is 1. The molecule has 4 aromatic rings. The van der Waals surface area contributed by atoms with Crippen molar-refractivity contribution in [2.24, 2.45) is 5.92 Å². The molecule has 0 aliphatic carbocycles. The van der Waals surface area contributed by atoms with E-state index in [0.29, 0.717) is 12.3 Å². The van der Waals surface area contributed by atoms with Crippen LogP contribution in [0.15, 0.2) is 73.1 Å². The van der Waals surface area contributed by atoms with Crippen LogP contribution in [0.1, 0.15) is 34.5 Å². The Morgan fingerprint density at radius 1 is 1.21 bits per heavy atom. The smallest absolute Gasteiger partial charge is 0.337 e. The Hall–Kier alpha value is -3.97. The molecule has 7 heteroatoms. The summed E-state index contributed by atoms with van der Waals surface area (Å²) < 4.78 is 6.34. The molecule has 2 atom stereocenters. The third kappa shape index (κ3) is 4.43. The van der Waals surface area contributed by atoms with Crippen LogP contribution < -0.4 is 4.90 Å². The molecule has 1 aliphatic rings. The molecule has 34 heavy (non-hydrogen) atoms. The lowest BCUT2D eigenvalue weighted by Gasteiger charge is -2.40. The molecule has 5 rings (SSSR count). The zero-order valence-corrected chi connectivity index (χ0v) is 18.9. The second-order valence-corrected chi connectivity index (χ2v) is 8.52. The van der Waals surface area contributed by atoms with Crippen LogP contribution in [0.4, 0.5) is 11.4 Å². The lowest BCUT2D eigenvalue weighted by Crippen LogP contribution is -2.42. The maximum absolute atomic E-state index is 12.1. The van der Waals surface area contributed by atoms with Crippen LogP contribution in [0.2, 0.25) is 0 Å². The molecule has 3 heterocycles. The van der Waals surface area contributed by atoms with E-state index in [9.17, 15) is 9.90 Å². The van der Waals surface area contributed by atoms with Crippen molar-refractivity contribution < 1.29 is 14.6 Å². The predicted molar refractivity (Wildman–Crippen MR) is 132 cm³/mol. The number of aromatic nitrogens is 3. The van der Waals surface area contributed by atoms with Crippen LogP contribution in [0, 0.1) is 12.8 Å². The monoisotopic (exact) mass is 454 g/mol. The molecule has 7 nitrogen and oxygen atoms in total. The maximum atomic E-state index is 12.1. The van der Waals surface area contributed by atoms with E-state index in [4.69, 9.17) is 4.74 Å². The quantitative estimate of drug-likeness (QED) is 0.396. The van der Waals surface area contributed by atoms with Gasteiger partial charge in [-0.05, 0) is 73.9 Å². The van der Waals surface area contributed by atoms with Gasteiger partial charge >= 0.3 is 5.97 Å². The number of aryl methyl sites for hydroxylation is 1. The van der Waals surface area contributed by atoms with E-state index in [1.54, 1.807) is 24.5 Å². The van der Waals surface area contributed by atoms with Crippen molar-refractivity contribution in [2.45, 2.75) is 26.0 Å². The minimum atomic E-state index is -0.977. The first-order valence-electron chi connectivity index (χ1n) is 11.4. The zero-order valence-electron chi connectivity index (χ0n) is 18.9. The molecule has 0 amide bonds. The summed E-state index contributed by atoms with van der Waals surface area (Å²) in [5, 5.41) is 18.1. The summed E-state index contributed by atoms with van der Waals surface area (Å²) in [5.74, 6) is -0.939. The highest BCUT2D eigenvalue weighted by molar-refractivity contribution is 5.96. The van der Waals surface area contributed by atoms with Gasteiger partial charge < -0.3 is 14.7 Å². The number of H-pyrrole nitrogens is 1. The number of nitrogens with zero attached hydrogens (tertiary/aromatic N) is 3. The molecule has 1 saturated heterocycles. The van der Waals surface area contributed by atoms with Gasteiger partial charge in [0.15, 0.2) is 0 Å². The summed E-state index contributed by atoms with van der Waals surface area (Å²) in [6, 6.07) is 17.0. The Kier molecular flexibility index (Phi) is 6.10. The molecular weight excluding hydrogens is 428 g/mol. The molecule has 2 N–H and O–H groups in total. The number of nitrogens with one attached hydrogen (secondary N) is 1. The van der Waals surface area contributed by atoms with Crippen LogP contribution in [0.3, 0.4) is 0 Å². The third-order valence-electron chi connectivity index (χ3n) is 6.14. The summed E-state index contributed by atoms with van der Waals surface area (Å²) >= 11 is 0. The fourth-order valence-corrected chi connectivity index (χ4v) is 4.48. The number of rotatable bonds is 6. The van der Waals surface area contributed by atoms with E-state index < -0.39 is 5.97 Å². The largest absolute Gasteiger partial charge is 0.478 e. The van der Waals surface area contributed by atoms with Crippen molar-refractivity contribution in [1.82, 2.24) is 15.2 Å². The van der Waals surface area contributed by atoms with Crippen molar-refractivity contribution in [2.75, 3.05) is 11.5 Å². The van der Waals surface area contributed by atoms with Crippen LogP contribution >= 0.6 is 0 Å². The summed E-state index contributed by atoms with van der Waals surface area (Å²) in [5.41, 5.74) is 4.57. The second-order valence-electron chi connectivity index (χ2n) is 8.52. The lowest BCUT2D eigenvalue weighted by atomic mass is 9.95. The predicted octanol–water partition coefficient (Wildman–Crippen LogP) is 5.57. The van der Waals surface area contributed by atoms with Gasteiger partial charge in [-0.15, -0.1) is 0 Å². The van der Waals surface area contributed by atoms with Gasteiger partial charge in [0.25, 0.3) is 0 Å². The van der Waals surface area contributed by atoms with E-state index in [1.807, 2.05) is 60.4 Å². The third-order valence-corrected chi connectivity index (χ3v) is 6.14. The second kappa shape index (κ2) is 9.49. The number of aromatic amines is 1. The summed E-state index contributed by atoms with van der Waals surface area (Å²) in [4.78, 5) is 18.6. The van der Waals surface area contributed by atoms with E-state index in [2.05, 4.69) is 21.3 Å². The van der Waals surface area contributed by atoms with E-state index in [0.717, 1.165) is 40.7 Å². The zero-order chi connectivity index (χ0) is 23.5. The molecule has 172 valence electrons. The minimum Gasteiger partial charge on any atom is -0.478 e. The van der Waals surface area contributed by atoms with Gasteiger partial charge in [0.05, 0.1) is 28.7 Å². The summed E-state index contributed by atoms with van der Waals surface area (Å²) in [7, 11) is 0. The molecule has 0 spiro atoms. The molecular formula is C27H26N4O3. The minimum absolute atomic E-state index is 0.0374. The van der Waals surface area contributed by atoms with Gasteiger partial charge in [0, 0.05) is 29.8 Å². The molecule has 2 aromatic carbocycles. The number of anilines is 2. The first-order valence-corrected chi connectivity index (χ1v) is 11.4. The van der Waals surface area contributed by atoms with E-state index >= 15 is 0 Å². The molecule has 2 aromatic heterocycles. The van der Waals surface area contributed by atoms with Gasteiger partial charge in [0.2, 0.25) is 0 Å². The standard InChI is InChI=1S/C27H26N4O3/c1-18-12-13-28-21(15-18)10-8-19-5-4-14-34-26(19)31(25-7-3-2-6-23(25)27(32)33)22-11-9-20-17-29-30-24(20)16-22/h2-3,6-13,15-17,19,26H,4-5,14H2,1H3,(H,29,30)(H,32,33). The number of carboxylic acids is 1. The van der Waals surface area contributed by atoms with E-state index in [1.165, 1.54) is 0 Å². The number of carboxylic acid groups (broad SMARTS) is 1. The van der Waals surface area contributed by atoms with Crippen LogP contribution in [-0.2, 0) is 4.74 Å². The number of benzene rings is 2. The fraction of sp³-hybridized carbons (Fsp3) is 0.222. The first-order chi connectivity index (χ1) is 16.6. The molecule has 1 aliphatic heterocycles. The van der Waals surface area contributed by atoms with Crippen LogP contribution in [0.5, 0.6) is 0 Å². The van der Waals surface area contributed by atoms with Crippen molar-refractivity contribution in [3.63, 3.8) is 0 Å². The van der Waals surface area contributed by atoms with Crippen molar-refractivity contribution in [3.8, 4) is 0 Å². The average molecular weight is 455 g/mol. The SMILES string of the molecule is Cc1ccnc(C=CC2CCCOC2N(c2ccc3cn[nH]c3c2)c2ccccc2C(=O)O)c1. The molecule has 0 saturated carbocycles. The molecule has 0 radical (unpaired) electrons. The Morgan fingerprint density at radius 3 is 2.94 bits per heavy atom. The van der Waals surface area contributed by atoms with E-state index in [-0.39, 0.29) is 17.7 Å². The molecule has 1 fully saturated rings. The number of pyridine rings is 1. The number of para-hydroxylation sites is 1. The summed E-state index contributed by atoms with van der Waals surface area (Å²) in [6.45, 7) is 2.65. The molecule has 0 bridgehead atoms. The van der Waals surface area contributed by atoms with Crippen LogP contribution in [0.25, 0.3) is 17.0 Å². The van der Waals surface area contributed by atoms with Crippen molar-refractivity contribution >= 4 is 34.3 Å². The summed E-state index contributed by atoms with van der Waals surface area (Å²) in [6.07, 6.45) is 9.21. The van der Waals surface area contributed by atoms with Gasteiger partial charge in [-0.25, -0.2) is 4.79 Å². The normalized spacial score (nSPS) is 18.4. The highest BCUT2D eigenvalue weighted by Crippen LogP contribution is 2.38.